The van der Waals surface area contributed by atoms with Crippen molar-refractivity contribution in [2.24, 2.45) is 0 Å². The first-order chi connectivity index (χ1) is 13.9. The largest absolute Gasteiger partial charge is 0.496 e. The average molecular weight is 419 g/mol. The van der Waals surface area contributed by atoms with Crippen molar-refractivity contribution < 1.29 is 13.2 Å². The monoisotopic (exact) mass is 418 g/mol. The lowest BCUT2D eigenvalue weighted by atomic mass is 9.91. The van der Waals surface area contributed by atoms with E-state index in [4.69, 9.17) is 4.74 Å². The summed E-state index contributed by atoms with van der Waals surface area (Å²) in [6.07, 6.45) is 7.52. The molecule has 8 heteroatoms. The fourth-order valence-electron chi connectivity index (χ4n) is 3.75. The van der Waals surface area contributed by atoms with Gasteiger partial charge >= 0.3 is 0 Å². The highest BCUT2D eigenvalue weighted by molar-refractivity contribution is 7.92. The topological polar surface area (TPSA) is 92.3 Å². The van der Waals surface area contributed by atoms with Gasteiger partial charge in [0.1, 0.15) is 11.6 Å². The predicted molar refractivity (Wildman–Crippen MR) is 117 cm³/mol. The lowest BCUT2D eigenvalue weighted by Crippen LogP contribution is -2.38. The van der Waals surface area contributed by atoms with Gasteiger partial charge in [0.2, 0.25) is 10.0 Å². The summed E-state index contributed by atoms with van der Waals surface area (Å²) in [5.41, 5.74) is 3.03. The van der Waals surface area contributed by atoms with E-state index in [9.17, 15) is 8.42 Å². The summed E-state index contributed by atoms with van der Waals surface area (Å²) in [7, 11) is 0.384. The van der Waals surface area contributed by atoms with Crippen molar-refractivity contribution >= 4 is 15.8 Å². The van der Waals surface area contributed by atoms with E-state index in [-0.39, 0.29) is 0 Å². The van der Waals surface area contributed by atoms with Gasteiger partial charge in [0.25, 0.3) is 0 Å². The molecule has 158 valence electrons. The maximum Gasteiger partial charge on any atom is 0.230 e. The summed E-state index contributed by atoms with van der Waals surface area (Å²) >= 11 is 0. The molecular weight excluding hydrogens is 388 g/mol. The van der Waals surface area contributed by atoms with E-state index in [0.717, 1.165) is 35.2 Å². The number of nitrogens with one attached hydrogen (secondary N) is 3. The zero-order valence-electron chi connectivity index (χ0n) is 17.2. The van der Waals surface area contributed by atoms with Gasteiger partial charge in [-0.1, -0.05) is 6.07 Å². The van der Waals surface area contributed by atoms with E-state index in [1.165, 1.54) is 25.7 Å². The number of methoxy groups -OCH3 is 1. The molecule has 1 aliphatic rings. The Hall–Kier alpha value is -2.16. The first-order valence-electron chi connectivity index (χ1n) is 9.89. The number of ether oxygens (including phenoxy) is 1. The molecule has 29 heavy (non-hydrogen) atoms. The number of anilines is 1. The molecule has 7 nitrogen and oxygen atoms in total. The third-order valence-electron chi connectivity index (χ3n) is 5.38. The van der Waals surface area contributed by atoms with Gasteiger partial charge in [0.15, 0.2) is 0 Å². The van der Waals surface area contributed by atoms with Crippen molar-refractivity contribution in [3.63, 3.8) is 0 Å². The quantitative estimate of drug-likeness (QED) is 0.611. The molecule has 0 bridgehead atoms. The fraction of sp³-hybridized carbons (Fsp3) is 0.476. The summed E-state index contributed by atoms with van der Waals surface area (Å²) in [5, 5.41) is 7.04. The van der Waals surface area contributed by atoms with Gasteiger partial charge in [0, 0.05) is 36.0 Å². The van der Waals surface area contributed by atoms with Gasteiger partial charge < -0.3 is 15.4 Å². The lowest BCUT2D eigenvalue weighted by Gasteiger charge is -2.29. The van der Waals surface area contributed by atoms with Crippen LogP contribution in [0.1, 0.15) is 31.2 Å². The third-order valence-corrected chi connectivity index (χ3v) is 5.96. The van der Waals surface area contributed by atoms with E-state index in [1.807, 2.05) is 25.2 Å². The molecule has 1 saturated carbocycles. The summed E-state index contributed by atoms with van der Waals surface area (Å²) in [6.45, 7) is 0.743. The van der Waals surface area contributed by atoms with E-state index in [0.29, 0.717) is 17.9 Å². The Labute approximate surface area is 173 Å². The number of hydrogen-bond acceptors (Lipinski definition) is 6. The van der Waals surface area contributed by atoms with E-state index < -0.39 is 10.0 Å². The van der Waals surface area contributed by atoms with Gasteiger partial charge in [-0.15, -0.1) is 0 Å². The van der Waals surface area contributed by atoms with Crippen LogP contribution in [0, 0.1) is 0 Å². The third kappa shape index (κ3) is 6.16. The molecule has 0 atom stereocenters. The van der Waals surface area contributed by atoms with Crippen LogP contribution in [0.3, 0.4) is 0 Å². The second-order valence-corrected chi connectivity index (χ2v) is 9.30. The fourth-order valence-corrected chi connectivity index (χ4v) is 4.25. The molecule has 0 radical (unpaired) electrons. The molecule has 0 spiro atoms. The Kier molecular flexibility index (Phi) is 7.10. The van der Waals surface area contributed by atoms with Crippen molar-refractivity contribution in [3.05, 3.63) is 42.1 Å². The van der Waals surface area contributed by atoms with Crippen LogP contribution in [-0.4, -0.2) is 45.9 Å². The van der Waals surface area contributed by atoms with Crippen LogP contribution in [0.2, 0.25) is 0 Å². The number of hydrogen-bond donors (Lipinski definition) is 3. The van der Waals surface area contributed by atoms with Gasteiger partial charge in [-0.3, -0.25) is 4.72 Å². The minimum absolute atomic E-state index is 0.309. The highest BCUT2D eigenvalue weighted by Crippen LogP contribution is 2.28. The van der Waals surface area contributed by atoms with E-state index in [1.54, 1.807) is 19.4 Å². The number of pyridine rings is 1. The SMILES string of the molecule is CNC1CCC(NCc2cc(-c3ccc(NS(C)(=O)=O)nc3)ccc2OC)CC1. The predicted octanol–water partition coefficient (Wildman–Crippen LogP) is 2.75. The molecule has 0 aliphatic heterocycles. The molecule has 3 rings (SSSR count). The Morgan fingerprint density at radius 2 is 1.76 bits per heavy atom. The molecule has 2 aromatic rings. The number of aromatic nitrogens is 1. The maximum absolute atomic E-state index is 11.3. The number of nitrogens with zero attached hydrogens (tertiary/aromatic N) is 1. The molecular formula is C21H30N4O3S. The van der Waals surface area contributed by atoms with E-state index in [2.05, 4.69) is 26.4 Å². The van der Waals surface area contributed by atoms with Crippen LogP contribution < -0.4 is 20.1 Å². The standard InChI is InChI=1S/C21H30N4O3S/c1-22-18-6-8-19(9-7-18)23-14-17-12-15(4-10-20(17)28-2)16-5-11-21(24-13-16)25-29(3,26)27/h4-5,10-13,18-19,22-23H,6-9,14H2,1-3H3,(H,24,25). The number of sulfonamides is 1. The summed E-state index contributed by atoms with van der Waals surface area (Å²) in [5.74, 6) is 1.16. The minimum Gasteiger partial charge on any atom is -0.496 e. The first kappa shape index (κ1) is 21.5. The summed E-state index contributed by atoms with van der Waals surface area (Å²) < 4.78 is 30.6. The molecule has 3 N–H and O–H groups in total. The van der Waals surface area contributed by atoms with Crippen molar-refractivity contribution in [3.8, 4) is 16.9 Å². The molecule has 0 amide bonds. The molecule has 1 aliphatic carbocycles. The van der Waals surface area contributed by atoms with Crippen LogP contribution in [0.25, 0.3) is 11.1 Å². The van der Waals surface area contributed by atoms with Crippen molar-refractivity contribution in [1.29, 1.82) is 0 Å². The second-order valence-electron chi connectivity index (χ2n) is 7.55. The Morgan fingerprint density at radius 1 is 1.07 bits per heavy atom. The zero-order valence-corrected chi connectivity index (χ0v) is 18.1. The maximum atomic E-state index is 11.3. The smallest absolute Gasteiger partial charge is 0.230 e. The normalized spacial score (nSPS) is 19.7. The molecule has 1 heterocycles. The van der Waals surface area contributed by atoms with Crippen molar-refractivity contribution in [2.45, 2.75) is 44.3 Å². The highest BCUT2D eigenvalue weighted by atomic mass is 32.2. The molecule has 0 saturated heterocycles. The summed E-state index contributed by atoms with van der Waals surface area (Å²) in [4.78, 5) is 4.20. The second kappa shape index (κ2) is 9.56. The number of rotatable bonds is 8. The van der Waals surface area contributed by atoms with Crippen molar-refractivity contribution in [2.75, 3.05) is 25.1 Å². The van der Waals surface area contributed by atoms with Gasteiger partial charge in [0.05, 0.1) is 13.4 Å². The summed E-state index contributed by atoms with van der Waals surface area (Å²) in [6, 6.07) is 10.7. The van der Waals surface area contributed by atoms with Gasteiger partial charge in [-0.2, -0.15) is 0 Å². The van der Waals surface area contributed by atoms with Crippen LogP contribution in [0.5, 0.6) is 5.75 Å². The lowest BCUT2D eigenvalue weighted by molar-refractivity contribution is 0.315. The van der Waals surface area contributed by atoms with Gasteiger partial charge in [-0.05, 0) is 62.6 Å². The average Bonchev–Trinajstić information content (AvgIpc) is 2.72. The Morgan fingerprint density at radius 3 is 2.34 bits per heavy atom. The first-order valence-corrected chi connectivity index (χ1v) is 11.8. The minimum atomic E-state index is -3.34. The van der Waals surface area contributed by atoms with Crippen LogP contribution in [0.15, 0.2) is 36.5 Å². The Bertz CT molecular complexity index is 908. The highest BCUT2D eigenvalue weighted by Gasteiger charge is 2.19. The molecule has 1 aromatic heterocycles. The van der Waals surface area contributed by atoms with Crippen LogP contribution in [0.4, 0.5) is 5.82 Å². The van der Waals surface area contributed by atoms with Crippen molar-refractivity contribution in [1.82, 2.24) is 15.6 Å². The van der Waals surface area contributed by atoms with Crippen LogP contribution in [-0.2, 0) is 16.6 Å². The molecule has 1 aromatic carbocycles. The number of benzene rings is 1. The zero-order chi connectivity index (χ0) is 20.9. The van der Waals surface area contributed by atoms with Gasteiger partial charge in [-0.25, -0.2) is 13.4 Å². The molecule has 0 unspecified atom stereocenters. The van der Waals surface area contributed by atoms with Crippen LogP contribution >= 0.6 is 0 Å². The van der Waals surface area contributed by atoms with E-state index >= 15 is 0 Å². The Balaban J connectivity index is 1.70. The molecule has 1 fully saturated rings.